The first kappa shape index (κ1) is 63.3. The van der Waals surface area contributed by atoms with Crippen molar-refractivity contribution in [1.82, 2.24) is 0 Å². The molecule has 4 bridgehead atoms. The van der Waals surface area contributed by atoms with Crippen LogP contribution in [0, 0.1) is 22.2 Å². The summed E-state index contributed by atoms with van der Waals surface area (Å²) in [4.78, 5) is 37.2. The van der Waals surface area contributed by atoms with Gasteiger partial charge in [-0.15, -0.1) is 0 Å². The van der Waals surface area contributed by atoms with Gasteiger partial charge in [-0.3, -0.25) is 14.2 Å². The normalized spacial score (nSPS) is 26.7. The summed E-state index contributed by atoms with van der Waals surface area (Å²) in [5, 5.41) is 0. The molecule has 0 aliphatic heterocycles. The number of hydrogen-bond acceptors (Lipinski definition) is 9. The lowest BCUT2D eigenvalue weighted by atomic mass is 9.40. The topological polar surface area (TPSA) is 107 Å². The summed E-state index contributed by atoms with van der Waals surface area (Å²) in [5.74, 6) is -59.2. The van der Waals surface area contributed by atoms with Crippen LogP contribution in [0.3, 0.4) is 0 Å². The van der Waals surface area contributed by atoms with Crippen LogP contribution in [-0.2, 0) is 42.8 Å². The van der Waals surface area contributed by atoms with Gasteiger partial charge in [-0.2, -0.15) is 145 Å². The Bertz CT molecular complexity index is 1830. The van der Waals surface area contributed by atoms with Crippen LogP contribution >= 0.6 is 0 Å². The highest BCUT2D eigenvalue weighted by molar-refractivity contribution is 5.80. The molecule has 4 fully saturated rings. The molecule has 73 heavy (non-hydrogen) atoms. The van der Waals surface area contributed by atoms with Crippen LogP contribution in [0.15, 0.2) is 0 Å². The first-order valence-electron chi connectivity index (χ1n) is 18.0. The van der Waals surface area contributed by atoms with Gasteiger partial charge in [-0.1, -0.05) is 0 Å². The fraction of sp³-hybridized carbons (Fsp3) is 0.903. The van der Waals surface area contributed by atoms with Crippen LogP contribution in [-0.4, -0.2) is 128 Å². The molecule has 0 heterocycles. The van der Waals surface area contributed by atoms with E-state index in [1.54, 1.807) is 0 Å². The zero-order valence-corrected chi connectivity index (χ0v) is 33.6. The second-order valence-electron chi connectivity index (χ2n) is 16.6. The number of carbonyl (C=O) groups excluding carboxylic acids is 3. The van der Waals surface area contributed by atoms with Crippen LogP contribution in [0.4, 0.5) is 145 Å². The van der Waals surface area contributed by atoms with Crippen molar-refractivity contribution in [2.45, 2.75) is 129 Å². The highest BCUT2D eigenvalue weighted by Gasteiger charge is 2.83. The zero-order valence-electron chi connectivity index (χ0n) is 33.6. The molecule has 428 valence electrons. The van der Waals surface area contributed by atoms with Gasteiger partial charge in [-0.05, 0) is 44.4 Å². The van der Waals surface area contributed by atoms with E-state index >= 15 is 13.2 Å². The lowest BCUT2D eigenvalue weighted by Crippen LogP contribution is -2.64. The molecule has 42 heteroatoms. The maximum Gasteiger partial charge on any atom is 0.462 e. The molecule has 0 spiro atoms. The number of hydrogen-bond donors (Lipinski definition) is 0. The Balaban J connectivity index is 2.17. The van der Waals surface area contributed by atoms with Gasteiger partial charge in [0.25, 0.3) is 0 Å². The third kappa shape index (κ3) is 11.0. The molecule has 0 aromatic rings. The zero-order chi connectivity index (χ0) is 57.9. The second kappa shape index (κ2) is 17.8. The van der Waals surface area contributed by atoms with E-state index in [4.69, 9.17) is 0 Å². The number of alkyl halides is 33. The lowest BCUT2D eigenvalue weighted by Gasteiger charge is -2.66. The van der Waals surface area contributed by atoms with Gasteiger partial charge >= 0.3 is 109 Å². The summed E-state index contributed by atoms with van der Waals surface area (Å²) in [7, 11) is 0. The molecule has 0 saturated heterocycles. The minimum atomic E-state index is -7.84. The predicted molar refractivity (Wildman–Crippen MR) is 152 cm³/mol. The van der Waals surface area contributed by atoms with E-state index in [9.17, 15) is 146 Å². The van der Waals surface area contributed by atoms with Crippen LogP contribution < -0.4 is 0 Å². The molecule has 4 saturated carbocycles. The highest BCUT2D eigenvalue weighted by atomic mass is 19.5. The van der Waals surface area contributed by atoms with Gasteiger partial charge in [0.2, 0.25) is 0 Å². The van der Waals surface area contributed by atoms with Crippen molar-refractivity contribution in [3.8, 4) is 0 Å². The number of esters is 3. The standard InChI is InChI=1S/C31H19F33O9/c32-17(23(41,42)43,71-29(59,60)20(35,36)26(50,51)52)11(65)68-7-14-1-10-2-15(4-14,8-69-12(66)18(33,24(44,45)46)72-30(61,62)21(37,38)27(53,54)55)6-16(3-10,5-14)9-70-13(67)19(34,25(47,48)49)73-31(63,64)22(39,40)28(56,57)58/h10H,1-9H2. The molecule has 3 atom stereocenters. The fourth-order valence-corrected chi connectivity index (χ4v) is 8.34. The molecule has 3 unspecified atom stereocenters. The highest BCUT2D eigenvalue weighted by Crippen LogP contribution is 2.70. The number of halogens is 33. The maximum absolute atomic E-state index is 15.0. The van der Waals surface area contributed by atoms with E-state index < -0.39 is 189 Å². The quantitative estimate of drug-likeness (QED) is 0.0753. The van der Waals surface area contributed by atoms with Crippen molar-refractivity contribution in [3.63, 3.8) is 0 Å². The summed E-state index contributed by atoms with van der Waals surface area (Å²) in [5.41, 5.74) is -8.49. The van der Waals surface area contributed by atoms with E-state index in [1.165, 1.54) is 0 Å². The monoisotopic (exact) mass is 1160 g/mol. The van der Waals surface area contributed by atoms with Crippen molar-refractivity contribution in [1.29, 1.82) is 0 Å². The Kier molecular flexibility index (Phi) is 15.4. The molecule has 0 radical (unpaired) electrons. The number of carbonyl (C=O) groups is 3. The van der Waals surface area contributed by atoms with Gasteiger partial charge in [0.15, 0.2) is 0 Å². The molecule has 4 rings (SSSR count). The summed E-state index contributed by atoms with van der Waals surface area (Å²) in [6.45, 7) is -6.89. The minimum Gasteiger partial charge on any atom is -0.461 e. The van der Waals surface area contributed by atoms with E-state index in [2.05, 4.69) is 14.2 Å². The smallest absolute Gasteiger partial charge is 0.461 e. The molecule has 0 N–H and O–H groups in total. The van der Waals surface area contributed by atoms with Gasteiger partial charge in [0.1, 0.15) is 0 Å². The number of rotatable bonds is 18. The average molecular weight is 1160 g/mol. The van der Waals surface area contributed by atoms with Gasteiger partial charge < -0.3 is 14.2 Å². The van der Waals surface area contributed by atoms with Gasteiger partial charge in [0, 0.05) is 16.2 Å². The second-order valence-corrected chi connectivity index (χ2v) is 16.6. The van der Waals surface area contributed by atoms with E-state index in [0.29, 0.717) is 0 Å². The van der Waals surface area contributed by atoms with Crippen molar-refractivity contribution < 1.29 is 188 Å². The molecule has 0 aromatic heterocycles. The minimum absolute atomic E-state index is 1.05. The SMILES string of the molecule is O=C(OCC12CC3CC(COC(=O)C(F)(OC(F)(F)C(F)(F)C(F)(F)F)C(F)(F)F)(C1)CC(COC(=O)C(F)(OC(F)(F)C(F)(F)C(F)(F)F)C(F)(F)F)(C3)C2)C(F)(OC(F)(F)C(F)(F)C(F)(F)F)C(F)(F)F. The molecule has 4 aliphatic carbocycles. The predicted octanol–water partition coefficient (Wildman–Crippen LogP) is 11.7. The Hall–Kier alpha value is -4.02. The average Bonchev–Trinajstić information content (AvgIpc) is 3.14. The Morgan fingerprint density at radius 2 is 0.493 bits per heavy atom. The van der Waals surface area contributed by atoms with Gasteiger partial charge in [-0.25, -0.2) is 14.4 Å². The van der Waals surface area contributed by atoms with Crippen LogP contribution in [0.2, 0.25) is 0 Å². The lowest BCUT2D eigenvalue weighted by molar-refractivity contribution is -0.475. The molecule has 0 aromatic carbocycles. The maximum atomic E-state index is 15.0. The summed E-state index contributed by atoms with van der Waals surface area (Å²) >= 11 is 0. The summed E-state index contributed by atoms with van der Waals surface area (Å²) in [6.07, 6.45) is -76.4. The Morgan fingerprint density at radius 3 is 0.644 bits per heavy atom. The number of ether oxygens (including phenoxy) is 6. The van der Waals surface area contributed by atoms with Crippen molar-refractivity contribution in [3.05, 3.63) is 0 Å². The van der Waals surface area contributed by atoms with Crippen molar-refractivity contribution in [2.24, 2.45) is 22.2 Å². The largest absolute Gasteiger partial charge is 0.462 e. The third-order valence-electron chi connectivity index (χ3n) is 10.8. The van der Waals surface area contributed by atoms with Crippen molar-refractivity contribution in [2.75, 3.05) is 19.8 Å². The van der Waals surface area contributed by atoms with Crippen LogP contribution in [0.25, 0.3) is 0 Å². The van der Waals surface area contributed by atoms with E-state index in [-0.39, 0.29) is 0 Å². The van der Waals surface area contributed by atoms with Gasteiger partial charge in [0.05, 0.1) is 19.8 Å². The summed E-state index contributed by atoms with van der Waals surface area (Å²) in [6, 6.07) is 0. The third-order valence-corrected chi connectivity index (χ3v) is 10.8. The molecule has 0 amide bonds. The van der Waals surface area contributed by atoms with E-state index in [0.717, 1.165) is 0 Å². The summed E-state index contributed by atoms with van der Waals surface area (Å²) < 4.78 is 462. The first-order valence-corrected chi connectivity index (χ1v) is 18.0. The Labute approximate surface area is 377 Å². The molecule has 4 aliphatic rings. The van der Waals surface area contributed by atoms with Crippen LogP contribution in [0.5, 0.6) is 0 Å². The first-order chi connectivity index (χ1) is 31.7. The van der Waals surface area contributed by atoms with E-state index in [1.807, 2.05) is 14.2 Å². The molecular weight excluding hydrogens is 1140 g/mol. The Morgan fingerprint density at radius 1 is 0.315 bits per heavy atom. The van der Waals surface area contributed by atoms with Crippen molar-refractivity contribution >= 4 is 17.9 Å². The molecule has 9 nitrogen and oxygen atoms in total. The molecular formula is C31H19F33O9. The fourth-order valence-electron chi connectivity index (χ4n) is 8.34. The van der Waals surface area contributed by atoms with Crippen LogP contribution in [0.1, 0.15) is 38.5 Å².